The van der Waals surface area contributed by atoms with E-state index in [0.717, 1.165) is 41.8 Å². The lowest BCUT2D eigenvalue weighted by atomic mass is 9.84. The number of hydrogen-bond acceptors (Lipinski definition) is 5. The van der Waals surface area contributed by atoms with E-state index in [9.17, 15) is 4.39 Å². The molecule has 0 N–H and O–H groups in total. The molecule has 1 aliphatic carbocycles. The Morgan fingerprint density at radius 2 is 1.62 bits per heavy atom. The van der Waals surface area contributed by atoms with Crippen LogP contribution in [-0.4, -0.2) is 23.8 Å². The van der Waals surface area contributed by atoms with Crippen LogP contribution in [0, 0.1) is 17.5 Å². The maximum atomic E-state index is 15.3. The number of ether oxygens (including phenoxy) is 3. The van der Waals surface area contributed by atoms with Gasteiger partial charge in [0.1, 0.15) is 41.3 Å². The molecule has 5 aromatic rings. The first-order valence-electron chi connectivity index (χ1n) is 14.4. The van der Waals surface area contributed by atoms with Crippen molar-refractivity contribution in [2.75, 3.05) is 14.2 Å². The van der Waals surface area contributed by atoms with Crippen LogP contribution in [0.15, 0.2) is 84.0 Å². The van der Waals surface area contributed by atoms with Crippen LogP contribution in [0.4, 0.5) is 13.2 Å². The van der Waals surface area contributed by atoms with Crippen molar-refractivity contribution >= 4 is 23.4 Å². The second-order valence-corrected chi connectivity index (χ2v) is 12.0. The predicted octanol–water partition coefficient (Wildman–Crippen LogP) is 9.30. The monoisotopic (exact) mass is 650 g/mol. The molecule has 1 unspecified atom stereocenters. The summed E-state index contributed by atoms with van der Waals surface area (Å²) >= 11 is 7.54. The Bertz CT molecular complexity index is 1790. The molecule has 0 amide bonds. The lowest BCUT2D eigenvalue weighted by Crippen LogP contribution is -2.15. The van der Waals surface area contributed by atoms with E-state index in [1.807, 2.05) is 34.9 Å². The number of methoxy groups -OCH3 is 2. The molecule has 1 atom stereocenters. The van der Waals surface area contributed by atoms with E-state index in [1.165, 1.54) is 36.0 Å². The summed E-state index contributed by atoms with van der Waals surface area (Å²) in [5.74, 6) is -0.440. The van der Waals surface area contributed by atoms with Crippen molar-refractivity contribution in [3.05, 3.63) is 129 Å². The highest BCUT2D eigenvalue weighted by Crippen LogP contribution is 2.43. The molecular weight excluding hydrogens is 621 g/mol. The van der Waals surface area contributed by atoms with Gasteiger partial charge in [-0.1, -0.05) is 41.6 Å². The van der Waals surface area contributed by atoms with Crippen LogP contribution in [0.3, 0.4) is 0 Å². The van der Waals surface area contributed by atoms with Crippen LogP contribution in [0.2, 0.25) is 5.02 Å². The Balaban J connectivity index is 1.29. The van der Waals surface area contributed by atoms with Crippen molar-refractivity contribution in [1.82, 2.24) is 9.55 Å². The minimum absolute atomic E-state index is 0.00700. The van der Waals surface area contributed by atoms with Gasteiger partial charge in [0.15, 0.2) is 5.16 Å². The Kier molecular flexibility index (Phi) is 9.28. The third-order valence-corrected chi connectivity index (χ3v) is 9.16. The first kappa shape index (κ1) is 30.9. The second-order valence-electron chi connectivity index (χ2n) is 10.7. The maximum absolute atomic E-state index is 15.3. The van der Waals surface area contributed by atoms with Crippen molar-refractivity contribution in [3.63, 3.8) is 0 Å². The van der Waals surface area contributed by atoms with Crippen LogP contribution in [0.25, 0.3) is 5.69 Å². The van der Waals surface area contributed by atoms with E-state index in [4.69, 9.17) is 30.8 Å². The van der Waals surface area contributed by atoms with Crippen molar-refractivity contribution in [2.24, 2.45) is 0 Å². The summed E-state index contributed by atoms with van der Waals surface area (Å²) < 4.78 is 62.8. The number of aromatic nitrogens is 2. The fourth-order valence-electron chi connectivity index (χ4n) is 5.59. The van der Waals surface area contributed by atoms with Gasteiger partial charge < -0.3 is 14.2 Å². The normalized spacial score (nSPS) is 14.2. The zero-order valence-corrected chi connectivity index (χ0v) is 26.2. The zero-order chi connectivity index (χ0) is 31.5. The maximum Gasteiger partial charge on any atom is 0.173 e. The van der Waals surface area contributed by atoms with Crippen molar-refractivity contribution in [1.29, 1.82) is 0 Å². The fourth-order valence-corrected chi connectivity index (χ4v) is 6.84. The van der Waals surface area contributed by atoms with Gasteiger partial charge in [-0.15, -0.1) is 0 Å². The quantitative estimate of drug-likeness (QED) is 0.141. The molecule has 0 bridgehead atoms. The molecule has 0 saturated carbocycles. The molecule has 5 nitrogen and oxygen atoms in total. The highest BCUT2D eigenvalue weighted by Gasteiger charge is 2.31. The van der Waals surface area contributed by atoms with Gasteiger partial charge in [0.2, 0.25) is 0 Å². The minimum Gasteiger partial charge on any atom is -0.497 e. The van der Waals surface area contributed by atoms with E-state index in [-0.39, 0.29) is 35.4 Å². The number of nitrogens with zero attached hydrogens (tertiary/aromatic N) is 2. The second kappa shape index (κ2) is 13.5. The highest BCUT2D eigenvalue weighted by atomic mass is 35.5. The van der Waals surface area contributed by atoms with Crippen LogP contribution in [-0.2, 0) is 18.8 Å². The third kappa shape index (κ3) is 6.65. The average molecular weight is 651 g/mol. The van der Waals surface area contributed by atoms with Gasteiger partial charge in [-0.25, -0.2) is 18.2 Å². The summed E-state index contributed by atoms with van der Waals surface area (Å²) in [6.07, 6.45) is 2.52. The molecule has 0 fully saturated rings. The predicted molar refractivity (Wildman–Crippen MR) is 170 cm³/mol. The molecule has 45 heavy (non-hydrogen) atoms. The average Bonchev–Trinajstić information content (AvgIpc) is 3.43. The molecule has 0 aliphatic heterocycles. The number of halogens is 4. The first-order chi connectivity index (χ1) is 21.8. The van der Waals surface area contributed by atoms with Gasteiger partial charge in [0.05, 0.1) is 30.6 Å². The van der Waals surface area contributed by atoms with Crippen molar-refractivity contribution < 1.29 is 27.4 Å². The topological polar surface area (TPSA) is 45.5 Å². The zero-order valence-electron chi connectivity index (χ0n) is 24.7. The van der Waals surface area contributed by atoms with Gasteiger partial charge in [0.25, 0.3) is 0 Å². The van der Waals surface area contributed by atoms with Crippen LogP contribution >= 0.6 is 23.4 Å². The highest BCUT2D eigenvalue weighted by molar-refractivity contribution is 7.98. The largest absolute Gasteiger partial charge is 0.497 e. The van der Waals surface area contributed by atoms with Gasteiger partial charge in [-0.05, 0) is 78.9 Å². The standard InChI is InChI=1S/C35H30ClF3N2O3S/c1-42-25-13-6-21(7-14-25)19-44-26-17-30(38)28(31(39)18-26)20-45-35-40-32-5-3-4-27(22-8-15-29(36)33(16-22)43-2)34(32)41(35)24-11-9-23(37)10-12-24/h6-18,27H,3-5,19-20H2,1-2H3. The Labute approximate surface area is 268 Å². The molecule has 1 aromatic heterocycles. The molecule has 6 rings (SSSR count). The van der Waals surface area contributed by atoms with Crippen molar-refractivity contribution in [3.8, 4) is 22.9 Å². The number of fused-ring (bicyclic) bond motifs is 1. The molecule has 232 valence electrons. The molecule has 4 aromatic carbocycles. The Morgan fingerprint density at radius 3 is 2.31 bits per heavy atom. The molecular formula is C35H30ClF3N2O3S. The lowest BCUT2D eigenvalue weighted by Gasteiger charge is -2.26. The van der Waals surface area contributed by atoms with Crippen molar-refractivity contribution in [2.45, 2.75) is 42.7 Å². The lowest BCUT2D eigenvalue weighted by molar-refractivity contribution is 0.302. The molecule has 0 spiro atoms. The summed E-state index contributed by atoms with van der Waals surface area (Å²) in [7, 11) is 3.16. The Hall–Kier alpha value is -4.08. The van der Waals surface area contributed by atoms with E-state index >= 15 is 8.78 Å². The van der Waals surface area contributed by atoms with E-state index in [1.54, 1.807) is 38.5 Å². The third-order valence-electron chi connectivity index (χ3n) is 7.88. The SMILES string of the molecule is COc1ccc(COc2cc(F)c(CSc3nc4c(n3-c3ccc(F)cc3)C(c3ccc(Cl)c(OC)c3)CCC4)c(F)c2)cc1. The van der Waals surface area contributed by atoms with Crippen LogP contribution in [0.1, 0.15) is 46.8 Å². The van der Waals surface area contributed by atoms with Gasteiger partial charge in [-0.3, -0.25) is 4.57 Å². The number of benzene rings is 4. The summed E-state index contributed by atoms with van der Waals surface area (Å²) in [4.78, 5) is 4.95. The van der Waals surface area contributed by atoms with E-state index < -0.39 is 11.6 Å². The fraction of sp³-hybridized carbons (Fsp3) is 0.229. The molecule has 1 heterocycles. The minimum atomic E-state index is -0.706. The summed E-state index contributed by atoms with van der Waals surface area (Å²) in [6.45, 7) is 0.151. The summed E-state index contributed by atoms with van der Waals surface area (Å²) in [5, 5.41) is 1.08. The number of hydrogen-bond donors (Lipinski definition) is 0. The molecule has 0 radical (unpaired) electrons. The van der Waals surface area contributed by atoms with E-state index in [0.29, 0.717) is 27.4 Å². The van der Waals surface area contributed by atoms with Gasteiger partial charge in [0, 0.05) is 35.1 Å². The van der Waals surface area contributed by atoms with Crippen LogP contribution in [0.5, 0.6) is 17.2 Å². The number of rotatable bonds is 10. The van der Waals surface area contributed by atoms with Gasteiger partial charge >= 0.3 is 0 Å². The summed E-state index contributed by atoms with van der Waals surface area (Å²) in [5.41, 5.74) is 4.34. The van der Waals surface area contributed by atoms with Gasteiger partial charge in [-0.2, -0.15) is 0 Å². The molecule has 0 saturated heterocycles. The number of thioether (sulfide) groups is 1. The molecule has 1 aliphatic rings. The smallest absolute Gasteiger partial charge is 0.173 e. The Morgan fingerprint density at radius 1 is 0.889 bits per heavy atom. The molecule has 10 heteroatoms. The first-order valence-corrected chi connectivity index (χ1v) is 15.8. The number of aryl methyl sites for hydroxylation is 1. The van der Waals surface area contributed by atoms with E-state index in [2.05, 4.69) is 0 Å². The van der Waals surface area contributed by atoms with Crippen LogP contribution < -0.4 is 14.2 Å². The number of imidazole rings is 1. The summed E-state index contributed by atoms with van der Waals surface area (Å²) in [6, 6.07) is 21.5.